The largest absolute Gasteiger partial charge is 0.480 e. The number of hydrogen-bond donors (Lipinski definition) is 2. The first kappa shape index (κ1) is 14.5. The molecular weight excluding hydrogens is 300 g/mol. The first-order valence-corrected chi connectivity index (χ1v) is 6.27. The Bertz CT molecular complexity index is 451. The van der Waals surface area contributed by atoms with Gasteiger partial charge in [0.1, 0.15) is 6.04 Å². The van der Waals surface area contributed by atoms with Crippen LogP contribution in [0, 0.1) is 0 Å². The van der Waals surface area contributed by atoms with E-state index in [2.05, 4.69) is 21.2 Å². The fraction of sp³-hybridized carbons (Fsp3) is 0.333. The van der Waals surface area contributed by atoms with E-state index in [9.17, 15) is 9.59 Å². The Hall–Kier alpha value is -1.56. The molecule has 0 bridgehead atoms. The van der Waals surface area contributed by atoms with Gasteiger partial charge in [0, 0.05) is 11.5 Å². The summed E-state index contributed by atoms with van der Waals surface area (Å²) in [5, 5.41) is 11.6. The summed E-state index contributed by atoms with van der Waals surface area (Å²) in [6.45, 7) is 1.72. The van der Waals surface area contributed by atoms with Crippen molar-refractivity contribution in [2.24, 2.45) is 0 Å². The maximum Gasteiger partial charge on any atom is 0.326 e. The van der Waals surface area contributed by atoms with Gasteiger partial charge in [-0.1, -0.05) is 19.1 Å². The Morgan fingerprint density at radius 2 is 2.06 bits per heavy atom. The summed E-state index contributed by atoms with van der Waals surface area (Å²) in [6, 6.07) is 5.87. The van der Waals surface area contributed by atoms with E-state index in [0.29, 0.717) is 12.1 Å². The van der Waals surface area contributed by atoms with Gasteiger partial charge in [-0.3, -0.25) is 0 Å². The number of aliphatic carboxylic acids is 1. The van der Waals surface area contributed by atoms with Crippen molar-refractivity contribution in [1.29, 1.82) is 0 Å². The van der Waals surface area contributed by atoms with Crippen molar-refractivity contribution in [3.05, 3.63) is 28.7 Å². The minimum absolute atomic E-state index is 0.356. The van der Waals surface area contributed by atoms with Crippen molar-refractivity contribution in [3.8, 4) is 0 Å². The van der Waals surface area contributed by atoms with Gasteiger partial charge in [0.15, 0.2) is 0 Å². The van der Waals surface area contributed by atoms with Crippen LogP contribution in [0.25, 0.3) is 0 Å². The predicted molar refractivity (Wildman–Crippen MR) is 72.6 cm³/mol. The number of anilines is 1. The lowest BCUT2D eigenvalue weighted by Crippen LogP contribution is -2.44. The number of likely N-dealkylation sites (N-methyl/N-ethyl adjacent to an activating group) is 1. The maximum absolute atomic E-state index is 11.9. The zero-order valence-corrected chi connectivity index (χ0v) is 11.8. The minimum Gasteiger partial charge on any atom is -0.480 e. The zero-order valence-electron chi connectivity index (χ0n) is 10.2. The number of urea groups is 1. The third kappa shape index (κ3) is 3.46. The van der Waals surface area contributed by atoms with E-state index in [-0.39, 0.29) is 0 Å². The van der Waals surface area contributed by atoms with Crippen molar-refractivity contribution in [2.75, 3.05) is 12.4 Å². The number of carbonyl (C=O) groups is 2. The second-order valence-corrected chi connectivity index (χ2v) is 4.64. The number of amides is 2. The second-order valence-electron chi connectivity index (χ2n) is 3.78. The zero-order chi connectivity index (χ0) is 13.7. The molecule has 1 rings (SSSR count). The molecule has 0 saturated heterocycles. The number of carboxylic acids is 1. The molecule has 1 unspecified atom stereocenters. The molecule has 0 aromatic heterocycles. The third-order valence-corrected chi connectivity index (χ3v) is 3.27. The predicted octanol–water partition coefficient (Wildman–Crippen LogP) is 2.78. The topological polar surface area (TPSA) is 69.6 Å². The highest BCUT2D eigenvalue weighted by atomic mass is 79.9. The van der Waals surface area contributed by atoms with Crippen LogP contribution in [0.5, 0.6) is 0 Å². The summed E-state index contributed by atoms with van der Waals surface area (Å²) >= 11 is 3.31. The van der Waals surface area contributed by atoms with Crippen molar-refractivity contribution in [3.63, 3.8) is 0 Å². The second kappa shape index (κ2) is 6.39. The van der Waals surface area contributed by atoms with Crippen LogP contribution in [0.15, 0.2) is 28.7 Å². The summed E-state index contributed by atoms with van der Waals surface area (Å²) < 4.78 is 0.745. The Balaban J connectivity index is 2.77. The van der Waals surface area contributed by atoms with E-state index < -0.39 is 18.0 Å². The Morgan fingerprint density at radius 1 is 1.44 bits per heavy atom. The van der Waals surface area contributed by atoms with Crippen LogP contribution in [-0.2, 0) is 4.79 Å². The van der Waals surface area contributed by atoms with Crippen LogP contribution in [0.1, 0.15) is 13.3 Å². The van der Waals surface area contributed by atoms with Crippen molar-refractivity contribution in [2.45, 2.75) is 19.4 Å². The molecule has 0 spiro atoms. The standard InChI is InChI=1S/C12H15BrN2O3/c1-3-10(11(16)17)15(2)12(18)14-9-7-5-4-6-8(9)13/h4-7,10H,3H2,1-2H3,(H,14,18)(H,16,17). The first-order valence-electron chi connectivity index (χ1n) is 5.48. The number of nitrogens with zero attached hydrogens (tertiary/aromatic N) is 1. The molecule has 1 atom stereocenters. The highest BCUT2D eigenvalue weighted by Crippen LogP contribution is 2.21. The van der Waals surface area contributed by atoms with Gasteiger partial charge in [-0.15, -0.1) is 0 Å². The fourth-order valence-electron chi connectivity index (χ4n) is 1.52. The van der Waals surface area contributed by atoms with Gasteiger partial charge in [0.05, 0.1) is 5.69 Å². The average molecular weight is 315 g/mol. The Labute approximate surface area is 114 Å². The highest BCUT2D eigenvalue weighted by Gasteiger charge is 2.24. The quantitative estimate of drug-likeness (QED) is 0.897. The van der Waals surface area contributed by atoms with E-state index >= 15 is 0 Å². The third-order valence-electron chi connectivity index (χ3n) is 2.58. The maximum atomic E-state index is 11.9. The molecule has 0 aliphatic rings. The van der Waals surface area contributed by atoms with E-state index in [0.717, 1.165) is 4.47 Å². The van der Waals surface area contributed by atoms with Crippen LogP contribution < -0.4 is 5.32 Å². The van der Waals surface area contributed by atoms with Gasteiger partial charge in [-0.2, -0.15) is 0 Å². The Morgan fingerprint density at radius 3 is 2.56 bits per heavy atom. The monoisotopic (exact) mass is 314 g/mol. The number of para-hydroxylation sites is 1. The van der Waals surface area contributed by atoms with Gasteiger partial charge in [0.2, 0.25) is 0 Å². The lowest BCUT2D eigenvalue weighted by Gasteiger charge is -2.24. The molecule has 0 saturated carbocycles. The number of halogens is 1. The SMILES string of the molecule is CCC(C(=O)O)N(C)C(=O)Nc1ccccc1Br. The van der Waals surface area contributed by atoms with Gasteiger partial charge in [0.25, 0.3) is 0 Å². The Kier molecular flexibility index (Phi) is 5.15. The molecule has 2 N–H and O–H groups in total. The van der Waals surface area contributed by atoms with E-state index in [1.165, 1.54) is 11.9 Å². The van der Waals surface area contributed by atoms with Crippen molar-refractivity contribution >= 4 is 33.6 Å². The van der Waals surface area contributed by atoms with Crippen molar-refractivity contribution in [1.82, 2.24) is 4.90 Å². The molecule has 1 aromatic carbocycles. The van der Waals surface area contributed by atoms with Crippen LogP contribution in [0.4, 0.5) is 10.5 Å². The van der Waals surface area contributed by atoms with Crippen molar-refractivity contribution < 1.29 is 14.7 Å². The first-order chi connectivity index (χ1) is 8.47. The summed E-state index contributed by atoms with van der Waals surface area (Å²) in [6.07, 6.45) is 0.356. The van der Waals surface area contributed by atoms with Crippen LogP contribution in [0.3, 0.4) is 0 Å². The molecular formula is C12H15BrN2O3. The molecule has 0 heterocycles. The molecule has 0 aliphatic heterocycles. The van der Waals surface area contributed by atoms with Gasteiger partial charge < -0.3 is 15.3 Å². The summed E-state index contributed by atoms with van der Waals surface area (Å²) in [7, 11) is 1.47. The minimum atomic E-state index is -1.01. The number of carboxylic acid groups (broad SMARTS) is 1. The average Bonchev–Trinajstić information content (AvgIpc) is 2.32. The number of carbonyl (C=O) groups excluding carboxylic acids is 1. The molecule has 0 aliphatic carbocycles. The highest BCUT2D eigenvalue weighted by molar-refractivity contribution is 9.10. The smallest absolute Gasteiger partial charge is 0.326 e. The van der Waals surface area contributed by atoms with E-state index in [4.69, 9.17) is 5.11 Å². The van der Waals surface area contributed by atoms with Crippen LogP contribution in [0.2, 0.25) is 0 Å². The van der Waals surface area contributed by atoms with Gasteiger partial charge in [-0.05, 0) is 34.5 Å². The molecule has 1 aromatic rings. The van der Waals surface area contributed by atoms with Crippen LogP contribution in [-0.4, -0.2) is 35.1 Å². The number of rotatable bonds is 4. The fourth-order valence-corrected chi connectivity index (χ4v) is 1.91. The van der Waals surface area contributed by atoms with Gasteiger partial charge in [-0.25, -0.2) is 9.59 Å². The summed E-state index contributed by atoms with van der Waals surface area (Å²) in [5.74, 6) is -1.01. The lowest BCUT2D eigenvalue weighted by molar-refractivity contribution is -0.141. The summed E-state index contributed by atoms with van der Waals surface area (Å²) in [5.41, 5.74) is 0.606. The molecule has 5 nitrogen and oxygen atoms in total. The normalized spacial score (nSPS) is 11.7. The summed E-state index contributed by atoms with van der Waals surface area (Å²) in [4.78, 5) is 24.0. The molecule has 0 radical (unpaired) electrons. The number of hydrogen-bond acceptors (Lipinski definition) is 2. The molecule has 0 fully saturated rings. The molecule has 98 valence electrons. The molecule has 6 heteroatoms. The van der Waals surface area contributed by atoms with E-state index in [1.807, 2.05) is 6.07 Å². The van der Waals surface area contributed by atoms with Gasteiger partial charge >= 0.3 is 12.0 Å². The lowest BCUT2D eigenvalue weighted by atomic mass is 10.2. The van der Waals surface area contributed by atoms with E-state index in [1.54, 1.807) is 25.1 Å². The number of benzene rings is 1. The number of nitrogens with one attached hydrogen (secondary N) is 1. The molecule has 2 amide bonds. The van der Waals surface area contributed by atoms with Crippen LogP contribution >= 0.6 is 15.9 Å². The molecule has 18 heavy (non-hydrogen) atoms.